The molecular formula is C22H21ClN4O3. The maximum absolute atomic E-state index is 12.5. The fourth-order valence-electron chi connectivity index (χ4n) is 3.66. The van der Waals surface area contributed by atoms with E-state index in [1.54, 1.807) is 36.4 Å². The lowest BCUT2D eigenvalue weighted by Crippen LogP contribution is -2.43. The first-order valence-electron chi connectivity index (χ1n) is 9.84. The zero-order valence-corrected chi connectivity index (χ0v) is 17.1. The summed E-state index contributed by atoms with van der Waals surface area (Å²) in [5.41, 5.74) is 2.03. The SMILES string of the molecule is O=C(/N=C/c1ccc(Cl)cc1)Nc1ccc2c(c1)C(=O)C(=O)N2CN1CCCCC1. The van der Waals surface area contributed by atoms with Crippen molar-refractivity contribution < 1.29 is 14.4 Å². The van der Waals surface area contributed by atoms with E-state index >= 15 is 0 Å². The van der Waals surface area contributed by atoms with Crippen LogP contribution in [0, 0.1) is 0 Å². The Hall–Kier alpha value is -3.03. The topological polar surface area (TPSA) is 82.1 Å². The van der Waals surface area contributed by atoms with E-state index in [1.165, 1.54) is 23.6 Å². The first-order chi connectivity index (χ1) is 14.5. The van der Waals surface area contributed by atoms with Crippen molar-refractivity contribution in [3.05, 3.63) is 58.6 Å². The van der Waals surface area contributed by atoms with Crippen molar-refractivity contribution in [2.45, 2.75) is 19.3 Å². The molecule has 0 unspecified atom stereocenters. The van der Waals surface area contributed by atoms with Crippen LogP contribution in [0.2, 0.25) is 5.02 Å². The number of fused-ring (bicyclic) bond motifs is 1. The highest BCUT2D eigenvalue weighted by atomic mass is 35.5. The Morgan fingerprint density at radius 1 is 1.07 bits per heavy atom. The minimum absolute atomic E-state index is 0.302. The molecule has 0 aliphatic carbocycles. The van der Waals surface area contributed by atoms with Gasteiger partial charge in [0.25, 0.3) is 5.78 Å². The lowest BCUT2D eigenvalue weighted by Gasteiger charge is -2.30. The number of urea groups is 1. The van der Waals surface area contributed by atoms with Crippen molar-refractivity contribution in [2.24, 2.45) is 4.99 Å². The number of piperidine rings is 1. The number of rotatable bonds is 4. The van der Waals surface area contributed by atoms with Crippen molar-refractivity contribution in [3.8, 4) is 0 Å². The molecule has 0 aromatic heterocycles. The molecule has 7 nitrogen and oxygen atoms in total. The summed E-state index contributed by atoms with van der Waals surface area (Å²) < 4.78 is 0. The summed E-state index contributed by atoms with van der Waals surface area (Å²) in [4.78, 5) is 44.6. The second kappa shape index (κ2) is 8.77. The number of amides is 3. The van der Waals surface area contributed by atoms with E-state index in [9.17, 15) is 14.4 Å². The highest BCUT2D eigenvalue weighted by Gasteiger charge is 2.37. The van der Waals surface area contributed by atoms with Gasteiger partial charge in [0, 0.05) is 16.9 Å². The van der Waals surface area contributed by atoms with Crippen LogP contribution in [0.3, 0.4) is 0 Å². The standard InChI is InChI=1S/C22H21ClN4O3/c23-16-6-4-15(5-7-16)13-24-22(30)25-17-8-9-19-18(12-17)20(28)21(29)27(19)14-26-10-2-1-3-11-26/h4-9,12-13H,1-3,10-11,14H2,(H,25,30)/b24-13+. The largest absolute Gasteiger partial charge is 0.345 e. The van der Waals surface area contributed by atoms with E-state index < -0.39 is 17.7 Å². The molecule has 2 aromatic rings. The maximum atomic E-state index is 12.5. The van der Waals surface area contributed by atoms with E-state index in [2.05, 4.69) is 15.2 Å². The normalized spacial score (nSPS) is 16.9. The molecular weight excluding hydrogens is 404 g/mol. The van der Waals surface area contributed by atoms with Gasteiger partial charge in [-0.3, -0.25) is 19.4 Å². The molecule has 0 spiro atoms. The van der Waals surface area contributed by atoms with Gasteiger partial charge in [-0.15, -0.1) is 0 Å². The van der Waals surface area contributed by atoms with Crippen LogP contribution in [0.4, 0.5) is 16.2 Å². The number of halogens is 1. The van der Waals surface area contributed by atoms with Crippen LogP contribution >= 0.6 is 11.6 Å². The average molecular weight is 425 g/mol. The van der Waals surface area contributed by atoms with Gasteiger partial charge in [0.05, 0.1) is 17.9 Å². The molecule has 3 amide bonds. The van der Waals surface area contributed by atoms with Gasteiger partial charge in [-0.25, -0.2) is 9.79 Å². The Morgan fingerprint density at radius 2 is 1.80 bits per heavy atom. The summed E-state index contributed by atoms with van der Waals surface area (Å²) in [6.45, 7) is 2.26. The molecule has 0 saturated carbocycles. The zero-order valence-electron chi connectivity index (χ0n) is 16.3. The molecule has 0 radical (unpaired) electrons. The monoisotopic (exact) mass is 424 g/mol. The third-order valence-corrected chi connectivity index (χ3v) is 5.47. The Bertz CT molecular complexity index is 1010. The van der Waals surface area contributed by atoms with E-state index in [-0.39, 0.29) is 0 Å². The molecule has 0 atom stereocenters. The number of likely N-dealkylation sites (tertiary alicyclic amines) is 1. The summed E-state index contributed by atoms with van der Waals surface area (Å²) in [6.07, 6.45) is 4.83. The number of hydrogen-bond donors (Lipinski definition) is 1. The molecule has 154 valence electrons. The predicted octanol–water partition coefficient (Wildman–Crippen LogP) is 3.96. The highest BCUT2D eigenvalue weighted by molar-refractivity contribution is 6.52. The lowest BCUT2D eigenvalue weighted by atomic mass is 10.1. The summed E-state index contributed by atoms with van der Waals surface area (Å²) in [5.74, 6) is -1.08. The number of carbonyl (C=O) groups is 3. The van der Waals surface area contributed by atoms with Gasteiger partial charge in [-0.2, -0.15) is 0 Å². The van der Waals surface area contributed by atoms with E-state index in [1.807, 2.05) is 0 Å². The first-order valence-corrected chi connectivity index (χ1v) is 10.2. The molecule has 1 fully saturated rings. The molecule has 2 aliphatic rings. The number of carbonyl (C=O) groups excluding carboxylic acids is 3. The number of anilines is 2. The zero-order chi connectivity index (χ0) is 21.1. The molecule has 2 aromatic carbocycles. The third-order valence-electron chi connectivity index (χ3n) is 5.21. The summed E-state index contributed by atoms with van der Waals surface area (Å²) in [6, 6.07) is 11.2. The number of Topliss-reactive ketones (excluding diaryl/α,β-unsaturated/α-hetero) is 1. The second-order valence-corrected chi connectivity index (χ2v) is 7.79. The third kappa shape index (κ3) is 4.42. The highest BCUT2D eigenvalue weighted by Crippen LogP contribution is 2.32. The van der Waals surface area contributed by atoms with Crippen LogP contribution in [0.1, 0.15) is 35.2 Å². The maximum Gasteiger partial charge on any atom is 0.345 e. The number of benzene rings is 2. The van der Waals surface area contributed by atoms with Crippen LogP contribution in [-0.4, -0.2) is 48.6 Å². The van der Waals surface area contributed by atoms with Gasteiger partial charge in [0.15, 0.2) is 0 Å². The van der Waals surface area contributed by atoms with Gasteiger partial charge >= 0.3 is 11.9 Å². The molecule has 4 rings (SSSR count). The summed E-state index contributed by atoms with van der Waals surface area (Å²) in [7, 11) is 0. The van der Waals surface area contributed by atoms with E-state index in [0.29, 0.717) is 28.6 Å². The van der Waals surface area contributed by atoms with Crippen LogP contribution in [0.5, 0.6) is 0 Å². The van der Waals surface area contributed by atoms with Crippen molar-refractivity contribution >= 4 is 46.9 Å². The minimum Gasteiger partial charge on any atom is -0.306 e. The first kappa shape index (κ1) is 20.3. The van der Waals surface area contributed by atoms with Crippen molar-refractivity contribution in [2.75, 3.05) is 30.0 Å². The van der Waals surface area contributed by atoms with Crippen LogP contribution in [0.25, 0.3) is 0 Å². The summed E-state index contributed by atoms with van der Waals surface area (Å²) in [5, 5.41) is 3.23. The van der Waals surface area contributed by atoms with Crippen molar-refractivity contribution in [3.63, 3.8) is 0 Å². The quantitative estimate of drug-likeness (QED) is 0.594. The summed E-state index contributed by atoms with van der Waals surface area (Å²) >= 11 is 5.83. The van der Waals surface area contributed by atoms with Crippen molar-refractivity contribution in [1.82, 2.24) is 4.90 Å². The Kier molecular flexibility index (Phi) is 5.92. The fraction of sp³-hybridized carbons (Fsp3) is 0.273. The molecule has 2 aliphatic heterocycles. The van der Waals surface area contributed by atoms with Crippen LogP contribution in [-0.2, 0) is 4.79 Å². The Balaban J connectivity index is 1.45. The Labute approximate surface area is 179 Å². The second-order valence-electron chi connectivity index (χ2n) is 7.35. The van der Waals surface area contributed by atoms with Gasteiger partial charge < -0.3 is 5.32 Å². The molecule has 8 heteroatoms. The average Bonchev–Trinajstić information content (AvgIpc) is 2.99. The van der Waals surface area contributed by atoms with Crippen LogP contribution in [0.15, 0.2) is 47.5 Å². The molecule has 1 saturated heterocycles. The van der Waals surface area contributed by atoms with Gasteiger partial charge in [-0.1, -0.05) is 30.2 Å². The number of nitrogens with one attached hydrogen (secondary N) is 1. The lowest BCUT2D eigenvalue weighted by molar-refractivity contribution is -0.114. The van der Waals surface area contributed by atoms with E-state index in [4.69, 9.17) is 11.6 Å². The predicted molar refractivity (Wildman–Crippen MR) is 117 cm³/mol. The van der Waals surface area contributed by atoms with Crippen molar-refractivity contribution in [1.29, 1.82) is 0 Å². The fourth-order valence-corrected chi connectivity index (χ4v) is 3.78. The number of aliphatic imine (C=N–C) groups is 1. The smallest absolute Gasteiger partial charge is 0.306 e. The number of ketones is 1. The van der Waals surface area contributed by atoms with Gasteiger partial charge in [0.1, 0.15) is 0 Å². The molecule has 2 heterocycles. The van der Waals surface area contributed by atoms with Crippen LogP contribution < -0.4 is 10.2 Å². The molecule has 0 bridgehead atoms. The number of nitrogens with zero attached hydrogens (tertiary/aromatic N) is 3. The minimum atomic E-state index is -0.577. The van der Waals surface area contributed by atoms with Gasteiger partial charge in [0.2, 0.25) is 0 Å². The number of hydrogen-bond acceptors (Lipinski definition) is 4. The Morgan fingerprint density at radius 3 is 2.53 bits per heavy atom. The molecule has 30 heavy (non-hydrogen) atoms. The van der Waals surface area contributed by atoms with E-state index in [0.717, 1.165) is 31.5 Å². The van der Waals surface area contributed by atoms with Gasteiger partial charge in [-0.05, 0) is 61.8 Å². The molecule has 1 N–H and O–H groups in total.